The van der Waals surface area contributed by atoms with Crippen molar-refractivity contribution in [1.29, 1.82) is 0 Å². The molecular weight excluding hydrogens is 468 g/mol. The summed E-state index contributed by atoms with van der Waals surface area (Å²) in [4.78, 5) is 37.7. The first-order chi connectivity index (χ1) is 16.9. The molecule has 1 heterocycles. The lowest BCUT2D eigenvalue weighted by atomic mass is 9.87. The van der Waals surface area contributed by atoms with Gasteiger partial charge in [0.25, 0.3) is 5.91 Å². The number of ether oxygens (including phenoxy) is 2. The van der Waals surface area contributed by atoms with Crippen molar-refractivity contribution in [3.05, 3.63) is 12.2 Å². The van der Waals surface area contributed by atoms with E-state index in [2.05, 4.69) is 10.6 Å². The van der Waals surface area contributed by atoms with Crippen LogP contribution >= 0.6 is 0 Å². The lowest BCUT2D eigenvalue weighted by Gasteiger charge is -2.28. The third-order valence-corrected chi connectivity index (χ3v) is 6.71. The summed E-state index contributed by atoms with van der Waals surface area (Å²) in [5, 5.41) is 36.2. The number of esters is 1. The predicted molar refractivity (Wildman–Crippen MR) is 133 cm³/mol. The molecule has 1 aliphatic carbocycles. The summed E-state index contributed by atoms with van der Waals surface area (Å²) in [5.41, 5.74) is -0.251. The molecule has 10 heteroatoms. The average molecular weight is 513 g/mol. The standard InChI is InChI=1S/C26H44N2O8/c1-26(2,3)13-12-19(29)21(31)22(32)23(35-4)25(34)28-18-11-10-17(15-27-24(18)33)36-20(30)14-16-8-6-5-7-9-16/h12-13,16-19,21-23,29,31-32H,5-11,14-15H2,1-4H3,(H,27,33)(H,28,34)/b13-12+. The molecule has 0 aromatic heterocycles. The molecule has 1 saturated carbocycles. The number of carbonyl (C=O) groups is 3. The summed E-state index contributed by atoms with van der Waals surface area (Å²) in [5.74, 6) is -1.15. The Labute approximate surface area is 213 Å². The average Bonchev–Trinajstić information content (AvgIpc) is 2.98. The van der Waals surface area contributed by atoms with Crippen LogP contribution in [0.1, 0.15) is 72.1 Å². The number of methoxy groups -OCH3 is 1. The van der Waals surface area contributed by atoms with Crippen LogP contribution in [0.2, 0.25) is 0 Å². The van der Waals surface area contributed by atoms with Crippen LogP contribution in [0.5, 0.6) is 0 Å². The molecule has 0 radical (unpaired) electrons. The number of hydrogen-bond acceptors (Lipinski definition) is 8. The molecule has 206 valence electrons. The minimum atomic E-state index is -1.74. The monoisotopic (exact) mass is 512 g/mol. The Bertz CT molecular complexity index is 760. The molecule has 0 aromatic rings. The Morgan fingerprint density at radius 3 is 2.36 bits per heavy atom. The number of rotatable bonds is 10. The summed E-state index contributed by atoms with van der Waals surface area (Å²) in [6.45, 7) is 5.88. The maximum atomic E-state index is 12.8. The number of aliphatic hydroxyl groups is 3. The molecular formula is C26H44N2O8. The second kappa shape index (κ2) is 14.1. The third kappa shape index (κ3) is 9.80. The SMILES string of the molecule is COC(C(=O)NC1CCC(OC(=O)CC2CCCCC2)CNC1=O)C(O)C(O)C(O)/C=C/C(C)(C)C. The molecule has 1 saturated heterocycles. The van der Waals surface area contributed by atoms with E-state index in [9.17, 15) is 29.7 Å². The molecule has 10 nitrogen and oxygen atoms in total. The van der Waals surface area contributed by atoms with E-state index in [1.807, 2.05) is 20.8 Å². The lowest BCUT2D eigenvalue weighted by Crippen LogP contribution is -2.55. The van der Waals surface area contributed by atoms with Gasteiger partial charge in [-0.2, -0.15) is 0 Å². The van der Waals surface area contributed by atoms with Gasteiger partial charge in [-0.05, 0) is 37.0 Å². The van der Waals surface area contributed by atoms with Gasteiger partial charge < -0.3 is 35.4 Å². The van der Waals surface area contributed by atoms with E-state index < -0.39 is 48.4 Å². The van der Waals surface area contributed by atoms with E-state index in [4.69, 9.17) is 9.47 Å². The van der Waals surface area contributed by atoms with Crippen LogP contribution in [-0.2, 0) is 23.9 Å². The van der Waals surface area contributed by atoms with Gasteiger partial charge in [-0.1, -0.05) is 52.2 Å². The van der Waals surface area contributed by atoms with Gasteiger partial charge >= 0.3 is 5.97 Å². The first kappa shape index (κ1) is 30.2. The first-order valence-electron chi connectivity index (χ1n) is 12.9. The van der Waals surface area contributed by atoms with Crippen LogP contribution in [0.3, 0.4) is 0 Å². The lowest BCUT2D eigenvalue weighted by molar-refractivity contribution is -0.151. The van der Waals surface area contributed by atoms with E-state index in [1.165, 1.54) is 19.6 Å². The van der Waals surface area contributed by atoms with Crippen molar-refractivity contribution in [2.45, 2.75) is 109 Å². The van der Waals surface area contributed by atoms with Crippen molar-refractivity contribution in [2.24, 2.45) is 11.3 Å². The van der Waals surface area contributed by atoms with Gasteiger partial charge in [0.2, 0.25) is 5.91 Å². The van der Waals surface area contributed by atoms with Gasteiger partial charge in [0.05, 0.1) is 6.54 Å². The van der Waals surface area contributed by atoms with Gasteiger partial charge in [-0.3, -0.25) is 14.4 Å². The topological polar surface area (TPSA) is 154 Å². The van der Waals surface area contributed by atoms with Crippen molar-refractivity contribution in [3.63, 3.8) is 0 Å². The van der Waals surface area contributed by atoms with Crippen LogP contribution in [0.15, 0.2) is 12.2 Å². The molecule has 2 rings (SSSR count). The van der Waals surface area contributed by atoms with Crippen LogP contribution in [0.4, 0.5) is 0 Å². The maximum Gasteiger partial charge on any atom is 0.306 e. The molecule has 6 atom stereocenters. The van der Waals surface area contributed by atoms with Crippen LogP contribution in [0, 0.1) is 11.3 Å². The number of amides is 2. The molecule has 0 bridgehead atoms. The maximum absolute atomic E-state index is 12.8. The van der Waals surface area contributed by atoms with E-state index in [0.29, 0.717) is 18.8 Å². The highest BCUT2D eigenvalue weighted by atomic mass is 16.5. The van der Waals surface area contributed by atoms with Crippen LogP contribution in [-0.4, -0.2) is 83.3 Å². The highest BCUT2D eigenvalue weighted by Crippen LogP contribution is 2.27. The second-order valence-electron chi connectivity index (χ2n) is 11.1. The predicted octanol–water partition coefficient (Wildman–Crippen LogP) is 0.963. The Hall–Kier alpha value is -2.01. The number of carbonyl (C=O) groups excluding carboxylic acids is 3. The number of aliphatic hydroxyl groups excluding tert-OH is 3. The highest BCUT2D eigenvalue weighted by Gasteiger charge is 2.37. The normalized spacial score (nSPS) is 25.4. The molecule has 2 aliphatic rings. The first-order valence-corrected chi connectivity index (χ1v) is 12.9. The molecule has 0 spiro atoms. The summed E-state index contributed by atoms with van der Waals surface area (Å²) >= 11 is 0. The van der Waals surface area contributed by atoms with Crippen LogP contribution < -0.4 is 10.6 Å². The minimum Gasteiger partial charge on any atom is -0.460 e. The zero-order valence-corrected chi connectivity index (χ0v) is 21.9. The molecule has 2 fully saturated rings. The Morgan fingerprint density at radius 1 is 1.08 bits per heavy atom. The van der Waals surface area contributed by atoms with Gasteiger partial charge in [0.1, 0.15) is 30.5 Å². The van der Waals surface area contributed by atoms with Gasteiger partial charge in [-0.15, -0.1) is 0 Å². The Morgan fingerprint density at radius 2 is 1.75 bits per heavy atom. The van der Waals surface area contributed by atoms with Crippen LogP contribution in [0.25, 0.3) is 0 Å². The van der Waals surface area contributed by atoms with E-state index in [0.717, 1.165) is 25.7 Å². The van der Waals surface area contributed by atoms with E-state index >= 15 is 0 Å². The summed E-state index contributed by atoms with van der Waals surface area (Å²) < 4.78 is 10.7. The summed E-state index contributed by atoms with van der Waals surface area (Å²) in [7, 11) is 1.19. The number of nitrogens with one attached hydrogen (secondary N) is 2. The van der Waals surface area contributed by atoms with Gasteiger partial charge in [0, 0.05) is 13.5 Å². The fourth-order valence-electron chi connectivity index (χ4n) is 4.56. The fraction of sp³-hybridized carbons (Fsp3) is 0.808. The van der Waals surface area contributed by atoms with Gasteiger partial charge in [-0.25, -0.2) is 0 Å². The molecule has 1 aliphatic heterocycles. The smallest absolute Gasteiger partial charge is 0.306 e. The number of hydrogen-bond donors (Lipinski definition) is 5. The Balaban J connectivity index is 1.89. The van der Waals surface area contributed by atoms with Gasteiger partial charge in [0.15, 0.2) is 6.10 Å². The largest absolute Gasteiger partial charge is 0.460 e. The molecule has 2 amide bonds. The van der Waals surface area contributed by atoms with E-state index in [-0.39, 0.29) is 24.3 Å². The second-order valence-corrected chi connectivity index (χ2v) is 11.1. The Kier molecular flexibility index (Phi) is 11.8. The van der Waals surface area contributed by atoms with Crippen molar-refractivity contribution in [3.8, 4) is 0 Å². The highest BCUT2D eigenvalue weighted by molar-refractivity contribution is 5.89. The fourth-order valence-corrected chi connectivity index (χ4v) is 4.56. The molecule has 0 aromatic carbocycles. The summed E-state index contributed by atoms with van der Waals surface area (Å²) in [6, 6.07) is -0.924. The zero-order valence-electron chi connectivity index (χ0n) is 21.9. The van der Waals surface area contributed by atoms with Crippen molar-refractivity contribution in [1.82, 2.24) is 10.6 Å². The van der Waals surface area contributed by atoms with E-state index in [1.54, 1.807) is 6.08 Å². The van der Waals surface area contributed by atoms with Crippen molar-refractivity contribution < 1.29 is 39.2 Å². The molecule has 6 unspecified atom stereocenters. The quantitative estimate of drug-likeness (QED) is 0.214. The third-order valence-electron chi connectivity index (χ3n) is 6.71. The van der Waals surface area contributed by atoms with Crippen molar-refractivity contribution >= 4 is 17.8 Å². The molecule has 36 heavy (non-hydrogen) atoms. The molecule has 5 N–H and O–H groups in total. The zero-order chi connectivity index (χ0) is 26.9. The summed E-state index contributed by atoms with van der Waals surface area (Å²) in [6.07, 6.45) is 2.74. The minimum absolute atomic E-state index is 0.156. The van der Waals surface area contributed by atoms with Crippen molar-refractivity contribution in [2.75, 3.05) is 13.7 Å². The number of allylic oxidation sites excluding steroid dienone is 1.